The fourth-order valence-corrected chi connectivity index (χ4v) is 4.02. The molecule has 3 aromatic rings. The second kappa shape index (κ2) is 11.9. The van der Waals surface area contributed by atoms with Crippen LogP contribution in [0, 0.1) is 6.92 Å². The molecule has 0 saturated heterocycles. The molecule has 0 saturated carbocycles. The Hall–Kier alpha value is -2.57. The summed E-state index contributed by atoms with van der Waals surface area (Å²) >= 11 is 6.05. The maximum Gasteiger partial charge on any atom is 0.223 e. The van der Waals surface area contributed by atoms with Crippen LogP contribution in [0.3, 0.4) is 0 Å². The smallest absolute Gasteiger partial charge is 0.223 e. The zero-order valence-corrected chi connectivity index (χ0v) is 19.7. The lowest BCUT2D eigenvalue weighted by Crippen LogP contribution is -2.21. The number of aromatic hydroxyl groups is 1. The SMILES string of the molecule is Cc1cc(=O)c(O)c(CNCCCCCCCCNc2ccnc3cc(Cl)ccc23)n1C. The third kappa shape index (κ3) is 6.47. The highest BCUT2D eigenvalue weighted by atomic mass is 35.5. The summed E-state index contributed by atoms with van der Waals surface area (Å²) in [5.74, 6) is -0.150. The fraction of sp³-hybridized carbons (Fsp3) is 0.440. The average molecular weight is 457 g/mol. The molecule has 7 heteroatoms. The summed E-state index contributed by atoms with van der Waals surface area (Å²) in [5.41, 5.74) is 3.20. The van der Waals surface area contributed by atoms with Crippen molar-refractivity contribution < 1.29 is 5.11 Å². The summed E-state index contributed by atoms with van der Waals surface area (Å²) in [5, 5.41) is 18.7. The van der Waals surface area contributed by atoms with E-state index in [1.807, 2.05) is 49.0 Å². The molecule has 0 atom stereocenters. The first-order valence-electron chi connectivity index (χ1n) is 11.3. The molecule has 0 aliphatic heterocycles. The van der Waals surface area contributed by atoms with Gasteiger partial charge in [0.1, 0.15) is 0 Å². The van der Waals surface area contributed by atoms with Crippen molar-refractivity contribution >= 4 is 28.2 Å². The van der Waals surface area contributed by atoms with Crippen molar-refractivity contribution in [1.82, 2.24) is 14.9 Å². The second-order valence-electron chi connectivity index (χ2n) is 8.25. The van der Waals surface area contributed by atoms with Crippen LogP contribution in [0.4, 0.5) is 5.69 Å². The zero-order valence-electron chi connectivity index (χ0n) is 19.0. The molecule has 3 rings (SSSR count). The lowest BCUT2D eigenvalue weighted by atomic mass is 10.1. The Morgan fingerprint density at radius 1 is 1.03 bits per heavy atom. The van der Waals surface area contributed by atoms with Gasteiger partial charge >= 0.3 is 0 Å². The van der Waals surface area contributed by atoms with Crippen molar-refractivity contribution in [2.24, 2.45) is 7.05 Å². The molecule has 1 aromatic carbocycles. The lowest BCUT2D eigenvalue weighted by molar-refractivity contribution is 0.444. The van der Waals surface area contributed by atoms with Gasteiger partial charge in [-0.15, -0.1) is 0 Å². The van der Waals surface area contributed by atoms with Crippen molar-refractivity contribution in [3.05, 3.63) is 63.2 Å². The van der Waals surface area contributed by atoms with Crippen molar-refractivity contribution in [1.29, 1.82) is 0 Å². The van der Waals surface area contributed by atoms with E-state index >= 15 is 0 Å². The molecule has 32 heavy (non-hydrogen) atoms. The van der Waals surface area contributed by atoms with Gasteiger partial charge in [-0.3, -0.25) is 9.78 Å². The highest BCUT2D eigenvalue weighted by molar-refractivity contribution is 6.31. The van der Waals surface area contributed by atoms with Crippen LogP contribution >= 0.6 is 11.6 Å². The van der Waals surface area contributed by atoms with Gasteiger partial charge in [-0.05, 0) is 50.6 Å². The highest BCUT2D eigenvalue weighted by Crippen LogP contribution is 2.24. The predicted molar refractivity (Wildman–Crippen MR) is 133 cm³/mol. The van der Waals surface area contributed by atoms with E-state index in [2.05, 4.69) is 15.6 Å². The molecule has 6 nitrogen and oxygen atoms in total. The molecule has 0 bridgehead atoms. The maximum atomic E-state index is 11.7. The van der Waals surface area contributed by atoms with E-state index in [9.17, 15) is 9.90 Å². The first-order chi connectivity index (χ1) is 15.5. The number of nitrogens with one attached hydrogen (secondary N) is 2. The molecule has 172 valence electrons. The first-order valence-corrected chi connectivity index (χ1v) is 11.7. The summed E-state index contributed by atoms with van der Waals surface area (Å²) in [7, 11) is 1.87. The number of rotatable bonds is 12. The molecular formula is C25H33ClN4O2. The normalized spacial score (nSPS) is 11.2. The van der Waals surface area contributed by atoms with Gasteiger partial charge in [-0.2, -0.15) is 0 Å². The van der Waals surface area contributed by atoms with E-state index in [-0.39, 0.29) is 11.2 Å². The Balaban J connectivity index is 1.26. The molecule has 0 fully saturated rings. The van der Waals surface area contributed by atoms with Gasteiger partial charge in [-0.1, -0.05) is 37.3 Å². The monoisotopic (exact) mass is 456 g/mol. The number of pyridine rings is 2. The fourth-order valence-electron chi connectivity index (χ4n) is 3.86. The van der Waals surface area contributed by atoms with E-state index in [4.69, 9.17) is 11.6 Å². The quantitative estimate of drug-likeness (QED) is 0.329. The number of hydrogen-bond donors (Lipinski definition) is 3. The molecule has 0 amide bonds. The summed E-state index contributed by atoms with van der Waals surface area (Å²) < 4.78 is 1.86. The molecule has 0 aliphatic rings. The number of nitrogens with zero attached hydrogens (tertiary/aromatic N) is 2. The van der Waals surface area contributed by atoms with Crippen LogP contribution in [0.2, 0.25) is 5.02 Å². The van der Waals surface area contributed by atoms with Crippen molar-refractivity contribution in [2.45, 2.75) is 52.0 Å². The van der Waals surface area contributed by atoms with Gasteiger partial charge in [0.15, 0.2) is 5.75 Å². The van der Waals surface area contributed by atoms with Crippen LogP contribution in [-0.2, 0) is 13.6 Å². The molecule has 3 N–H and O–H groups in total. The van der Waals surface area contributed by atoms with Crippen LogP contribution in [-0.4, -0.2) is 27.7 Å². The minimum Gasteiger partial charge on any atom is -0.503 e. The van der Waals surface area contributed by atoms with Gasteiger partial charge in [0.25, 0.3) is 0 Å². The van der Waals surface area contributed by atoms with Crippen LogP contribution in [0.15, 0.2) is 41.3 Å². The standard InChI is InChI=1S/C25H33ClN4O2/c1-18-15-24(31)25(32)23(30(18)2)17-27-12-7-5-3-4-6-8-13-28-21-11-14-29-22-16-19(26)9-10-20(21)22/h9-11,14-16,27,32H,3-8,12-13,17H2,1-2H3,(H,28,29). The Morgan fingerprint density at radius 3 is 2.53 bits per heavy atom. The molecular weight excluding hydrogens is 424 g/mol. The Kier molecular flexibility index (Phi) is 8.94. The number of benzene rings is 1. The van der Waals surface area contributed by atoms with Crippen molar-refractivity contribution in [3.8, 4) is 5.75 Å². The van der Waals surface area contributed by atoms with Crippen LogP contribution in [0.5, 0.6) is 5.75 Å². The van der Waals surface area contributed by atoms with E-state index in [0.717, 1.165) is 48.2 Å². The number of fused-ring (bicyclic) bond motifs is 1. The number of halogens is 1. The van der Waals surface area contributed by atoms with Gasteiger partial charge in [0, 0.05) is 54.2 Å². The van der Waals surface area contributed by atoms with E-state index in [1.54, 1.807) is 0 Å². The van der Waals surface area contributed by atoms with E-state index in [0.29, 0.717) is 17.3 Å². The van der Waals surface area contributed by atoms with Gasteiger partial charge in [0.05, 0.1) is 11.2 Å². The van der Waals surface area contributed by atoms with Gasteiger partial charge < -0.3 is 20.3 Å². The summed E-state index contributed by atoms with van der Waals surface area (Å²) in [6.45, 7) is 4.19. The molecule has 0 unspecified atom stereocenters. The maximum absolute atomic E-state index is 11.7. The Labute approximate surface area is 194 Å². The Morgan fingerprint density at radius 2 is 1.75 bits per heavy atom. The van der Waals surface area contributed by atoms with E-state index < -0.39 is 0 Å². The predicted octanol–water partition coefficient (Wildman–Crippen LogP) is 5.14. The van der Waals surface area contributed by atoms with Crippen LogP contribution in [0.25, 0.3) is 10.9 Å². The second-order valence-corrected chi connectivity index (χ2v) is 8.69. The third-order valence-corrected chi connectivity index (χ3v) is 6.11. The summed E-state index contributed by atoms with van der Waals surface area (Å²) in [6, 6.07) is 9.28. The molecule has 0 aliphatic carbocycles. The number of unbranched alkanes of at least 4 members (excludes halogenated alkanes) is 5. The van der Waals surface area contributed by atoms with Crippen molar-refractivity contribution in [3.63, 3.8) is 0 Å². The number of anilines is 1. The summed E-state index contributed by atoms with van der Waals surface area (Å²) in [4.78, 5) is 16.1. The minimum absolute atomic E-state index is 0.150. The van der Waals surface area contributed by atoms with Crippen LogP contribution in [0.1, 0.15) is 49.9 Å². The largest absolute Gasteiger partial charge is 0.503 e. The Bertz CT molecular complexity index is 1100. The van der Waals surface area contributed by atoms with E-state index in [1.165, 1.54) is 31.7 Å². The summed E-state index contributed by atoms with van der Waals surface area (Å²) in [6.07, 6.45) is 8.85. The molecule has 2 aromatic heterocycles. The third-order valence-electron chi connectivity index (χ3n) is 5.87. The first kappa shape index (κ1) is 24.1. The zero-order chi connectivity index (χ0) is 22.9. The lowest BCUT2D eigenvalue weighted by Gasteiger charge is -2.14. The number of aryl methyl sites for hydroxylation is 1. The molecule has 0 radical (unpaired) electrons. The van der Waals surface area contributed by atoms with Gasteiger partial charge in [0.2, 0.25) is 5.43 Å². The molecule has 0 spiro atoms. The van der Waals surface area contributed by atoms with Crippen molar-refractivity contribution in [2.75, 3.05) is 18.4 Å². The van der Waals surface area contributed by atoms with Crippen LogP contribution < -0.4 is 16.1 Å². The average Bonchev–Trinajstić information content (AvgIpc) is 2.77. The molecule has 2 heterocycles. The number of hydrogen-bond acceptors (Lipinski definition) is 5. The minimum atomic E-state index is -0.312. The highest BCUT2D eigenvalue weighted by Gasteiger charge is 2.10. The van der Waals surface area contributed by atoms with Gasteiger partial charge in [-0.25, -0.2) is 0 Å². The number of aromatic nitrogens is 2. The topological polar surface area (TPSA) is 79.2 Å².